The van der Waals surface area contributed by atoms with Crippen molar-refractivity contribution in [3.8, 4) is 11.1 Å². The molecule has 2 aromatic heterocycles. The average molecular weight is 404 g/mol. The Labute approximate surface area is 172 Å². The van der Waals surface area contributed by atoms with Crippen LogP contribution in [0.5, 0.6) is 0 Å². The minimum absolute atomic E-state index is 0.168. The molecule has 6 heteroatoms. The van der Waals surface area contributed by atoms with Gasteiger partial charge in [0.25, 0.3) is 5.56 Å². The summed E-state index contributed by atoms with van der Waals surface area (Å²) in [4.78, 5) is 32.0. The zero-order chi connectivity index (χ0) is 20.4. The van der Waals surface area contributed by atoms with Crippen LogP contribution in [0.1, 0.15) is 23.4 Å². The lowest BCUT2D eigenvalue weighted by Gasteiger charge is -2.14. The standard InChI is InChI=1S/C23H20N2O3S/c1-15(23(27)28-13-17-9-5-3-6-10-17)25-14-24-21-20(22(25)26)19(16(2)29-21)18-11-7-4-8-12-18/h3-12,14-15H,13H2,1-2H3. The van der Waals surface area contributed by atoms with E-state index < -0.39 is 12.0 Å². The van der Waals surface area contributed by atoms with Crippen LogP contribution >= 0.6 is 11.3 Å². The maximum absolute atomic E-state index is 13.3. The molecule has 146 valence electrons. The lowest BCUT2D eigenvalue weighted by atomic mass is 10.0. The molecule has 0 N–H and O–H groups in total. The first-order valence-corrected chi connectivity index (χ1v) is 10.1. The van der Waals surface area contributed by atoms with Gasteiger partial charge in [-0.3, -0.25) is 9.36 Å². The zero-order valence-corrected chi connectivity index (χ0v) is 17.0. The highest BCUT2D eigenvalue weighted by Gasteiger charge is 2.22. The van der Waals surface area contributed by atoms with Crippen LogP contribution in [0.15, 0.2) is 71.8 Å². The highest BCUT2D eigenvalue weighted by molar-refractivity contribution is 7.19. The van der Waals surface area contributed by atoms with Crippen LogP contribution in [-0.2, 0) is 16.1 Å². The van der Waals surface area contributed by atoms with Crippen LogP contribution in [0.2, 0.25) is 0 Å². The van der Waals surface area contributed by atoms with Gasteiger partial charge in [-0.05, 0) is 25.0 Å². The van der Waals surface area contributed by atoms with Gasteiger partial charge in [-0.2, -0.15) is 0 Å². The van der Waals surface area contributed by atoms with E-state index in [0.29, 0.717) is 10.2 Å². The SMILES string of the molecule is Cc1sc2ncn(C(C)C(=O)OCc3ccccc3)c(=O)c2c1-c1ccccc1. The second-order valence-corrected chi connectivity index (χ2v) is 8.01. The number of rotatable bonds is 5. The van der Waals surface area contributed by atoms with Crippen LogP contribution in [0.25, 0.3) is 21.3 Å². The smallest absolute Gasteiger partial charge is 0.329 e. The third kappa shape index (κ3) is 3.71. The van der Waals surface area contributed by atoms with Gasteiger partial charge in [0.2, 0.25) is 0 Å². The van der Waals surface area contributed by atoms with Crippen molar-refractivity contribution in [3.05, 3.63) is 87.8 Å². The average Bonchev–Trinajstić information content (AvgIpc) is 3.10. The number of carbonyl (C=O) groups excluding carboxylic acids is 1. The van der Waals surface area contributed by atoms with Gasteiger partial charge < -0.3 is 4.74 Å². The van der Waals surface area contributed by atoms with Crippen LogP contribution in [0.4, 0.5) is 0 Å². The zero-order valence-electron chi connectivity index (χ0n) is 16.2. The number of aryl methyl sites for hydroxylation is 1. The molecule has 4 rings (SSSR count). The number of nitrogens with zero attached hydrogens (tertiary/aromatic N) is 2. The molecule has 0 aliphatic rings. The summed E-state index contributed by atoms with van der Waals surface area (Å²) in [6, 6.07) is 18.5. The molecular weight excluding hydrogens is 384 g/mol. The highest BCUT2D eigenvalue weighted by atomic mass is 32.1. The largest absolute Gasteiger partial charge is 0.459 e. The number of esters is 1. The predicted molar refractivity (Wildman–Crippen MR) is 115 cm³/mol. The number of aromatic nitrogens is 2. The maximum atomic E-state index is 13.3. The highest BCUT2D eigenvalue weighted by Crippen LogP contribution is 2.35. The van der Waals surface area contributed by atoms with E-state index in [-0.39, 0.29) is 12.2 Å². The Balaban J connectivity index is 1.68. The van der Waals surface area contributed by atoms with Crippen LogP contribution in [0.3, 0.4) is 0 Å². The molecule has 0 amide bonds. The van der Waals surface area contributed by atoms with Gasteiger partial charge >= 0.3 is 5.97 Å². The second kappa shape index (κ2) is 8.01. The molecule has 1 unspecified atom stereocenters. The Morgan fingerprint density at radius 3 is 2.45 bits per heavy atom. The topological polar surface area (TPSA) is 61.2 Å². The Morgan fingerprint density at radius 1 is 1.10 bits per heavy atom. The van der Waals surface area contributed by atoms with Gasteiger partial charge in [0, 0.05) is 10.4 Å². The lowest BCUT2D eigenvalue weighted by molar-refractivity contribution is -0.148. The normalized spacial score (nSPS) is 12.1. The lowest BCUT2D eigenvalue weighted by Crippen LogP contribution is -2.29. The molecule has 0 fully saturated rings. The van der Waals surface area contributed by atoms with E-state index in [4.69, 9.17) is 4.74 Å². The number of hydrogen-bond acceptors (Lipinski definition) is 5. The molecule has 0 saturated heterocycles. The van der Waals surface area contributed by atoms with Crippen molar-refractivity contribution in [2.75, 3.05) is 0 Å². The number of thiophene rings is 1. The Morgan fingerprint density at radius 2 is 1.76 bits per heavy atom. The van der Waals surface area contributed by atoms with E-state index in [2.05, 4.69) is 4.98 Å². The molecule has 0 aliphatic carbocycles. The molecule has 29 heavy (non-hydrogen) atoms. The van der Waals surface area contributed by atoms with E-state index in [0.717, 1.165) is 21.6 Å². The Kier molecular flexibility index (Phi) is 5.27. The molecule has 0 radical (unpaired) electrons. The molecule has 5 nitrogen and oxygen atoms in total. The van der Waals surface area contributed by atoms with Crippen LogP contribution in [0, 0.1) is 6.92 Å². The third-order valence-corrected chi connectivity index (χ3v) is 5.87. The third-order valence-electron chi connectivity index (χ3n) is 4.86. The van der Waals surface area contributed by atoms with Gasteiger partial charge in [0.15, 0.2) is 0 Å². The molecule has 2 heterocycles. The number of ether oxygens (including phenoxy) is 1. The predicted octanol–water partition coefficient (Wildman–Crippen LogP) is 4.74. The fourth-order valence-corrected chi connectivity index (χ4v) is 4.31. The summed E-state index contributed by atoms with van der Waals surface area (Å²) in [5.74, 6) is -0.467. The Bertz CT molecular complexity index is 1210. The van der Waals surface area contributed by atoms with Crippen LogP contribution < -0.4 is 5.56 Å². The van der Waals surface area contributed by atoms with Gasteiger partial charge in [-0.1, -0.05) is 60.7 Å². The van der Waals surface area contributed by atoms with Crippen LogP contribution in [-0.4, -0.2) is 15.5 Å². The van der Waals surface area contributed by atoms with Crippen molar-refractivity contribution in [2.45, 2.75) is 26.5 Å². The summed E-state index contributed by atoms with van der Waals surface area (Å²) in [5.41, 5.74) is 2.51. The number of hydrogen-bond donors (Lipinski definition) is 0. The van der Waals surface area contributed by atoms with Crippen molar-refractivity contribution >= 4 is 27.5 Å². The second-order valence-electron chi connectivity index (χ2n) is 6.81. The molecule has 0 bridgehead atoms. The van der Waals surface area contributed by atoms with E-state index >= 15 is 0 Å². The van der Waals surface area contributed by atoms with Gasteiger partial charge in [0.1, 0.15) is 17.5 Å². The van der Waals surface area contributed by atoms with Crippen molar-refractivity contribution in [1.82, 2.24) is 9.55 Å². The molecular formula is C23H20N2O3S. The molecule has 2 aromatic carbocycles. The maximum Gasteiger partial charge on any atom is 0.329 e. The van der Waals surface area contributed by atoms with Crippen molar-refractivity contribution < 1.29 is 9.53 Å². The fraction of sp³-hybridized carbons (Fsp3) is 0.174. The molecule has 0 spiro atoms. The van der Waals surface area contributed by atoms with E-state index in [1.807, 2.05) is 67.6 Å². The Hall–Kier alpha value is -3.25. The summed E-state index contributed by atoms with van der Waals surface area (Å²) in [6.07, 6.45) is 1.43. The molecule has 0 aliphatic heterocycles. The minimum atomic E-state index is -0.771. The molecule has 0 saturated carbocycles. The molecule has 1 atom stereocenters. The van der Waals surface area contributed by atoms with Crippen molar-refractivity contribution in [3.63, 3.8) is 0 Å². The van der Waals surface area contributed by atoms with E-state index in [9.17, 15) is 9.59 Å². The van der Waals surface area contributed by atoms with Gasteiger partial charge in [-0.25, -0.2) is 9.78 Å². The summed E-state index contributed by atoms with van der Waals surface area (Å²) in [5, 5.41) is 0.545. The number of fused-ring (bicyclic) bond motifs is 1. The summed E-state index contributed by atoms with van der Waals surface area (Å²) in [7, 11) is 0. The van der Waals surface area contributed by atoms with Gasteiger partial charge in [-0.15, -0.1) is 11.3 Å². The minimum Gasteiger partial charge on any atom is -0.459 e. The quantitative estimate of drug-likeness (QED) is 0.451. The molecule has 4 aromatic rings. The monoisotopic (exact) mass is 404 g/mol. The van der Waals surface area contributed by atoms with Crippen molar-refractivity contribution in [2.24, 2.45) is 0 Å². The van der Waals surface area contributed by atoms with Crippen molar-refractivity contribution in [1.29, 1.82) is 0 Å². The fourth-order valence-electron chi connectivity index (χ4n) is 3.31. The number of benzene rings is 2. The first-order chi connectivity index (χ1) is 14.1. The summed E-state index contributed by atoms with van der Waals surface area (Å²) >= 11 is 1.48. The first-order valence-electron chi connectivity index (χ1n) is 9.32. The van der Waals surface area contributed by atoms with Gasteiger partial charge in [0.05, 0.1) is 11.7 Å². The van der Waals surface area contributed by atoms with E-state index in [1.54, 1.807) is 6.92 Å². The summed E-state index contributed by atoms with van der Waals surface area (Å²) < 4.78 is 6.76. The van der Waals surface area contributed by atoms with E-state index in [1.165, 1.54) is 22.2 Å². The summed E-state index contributed by atoms with van der Waals surface area (Å²) in [6.45, 7) is 3.81. The number of carbonyl (C=O) groups is 1. The first kappa shape index (κ1) is 19.1.